The zero-order chi connectivity index (χ0) is 10.8. The highest BCUT2D eigenvalue weighted by Crippen LogP contribution is 2.08. The Morgan fingerprint density at radius 2 is 2.00 bits per heavy atom. The lowest BCUT2D eigenvalue weighted by molar-refractivity contribution is 0.00244. The van der Waals surface area contributed by atoms with Gasteiger partial charge in [-0.15, -0.1) is 11.6 Å². The van der Waals surface area contributed by atoms with E-state index in [9.17, 15) is 0 Å². The fourth-order valence-electron chi connectivity index (χ4n) is 1.26. The average molecular weight is 223 g/mol. The highest BCUT2D eigenvalue weighted by molar-refractivity contribution is 6.18. The maximum atomic E-state index is 9.16. The van der Waals surface area contributed by atoms with Crippen LogP contribution in [-0.4, -0.2) is 29.8 Å². The average Bonchev–Trinajstić information content (AvgIpc) is 2.21. The molecule has 0 amide bonds. The van der Waals surface area contributed by atoms with Crippen LogP contribution in [0.15, 0.2) is 0 Å². The molecule has 0 heterocycles. The van der Waals surface area contributed by atoms with E-state index in [1.807, 2.05) is 6.92 Å². The number of unbranched alkanes of at least 4 members (excludes halogenated alkanes) is 3. The van der Waals surface area contributed by atoms with Crippen LogP contribution in [0.4, 0.5) is 0 Å². The van der Waals surface area contributed by atoms with Crippen molar-refractivity contribution < 1.29 is 9.84 Å². The predicted octanol–water partition coefficient (Wildman–Crippen LogP) is 2.96. The van der Waals surface area contributed by atoms with Crippen molar-refractivity contribution in [3.8, 4) is 0 Å². The molecule has 0 unspecified atom stereocenters. The van der Waals surface area contributed by atoms with Crippen LogP contribution in [0.3, 0.4) is 0 Å². The monoisotopic (exact) mass is 222 g/mol. The molecule has 0 saturated carbocycles. The van der Waals surface area contributed by atoms with Gasteiger partial charge in [0.05, 0.1) is 24.7 Å². The Balaban J connectivity index is 3.23. The van der Waals surface area contributed by atoms with E-state index in [2.05, 4.69) is 6.92 Å². The van der Waals surface area contributed by atoms with Crippen LogP contribution < -0.4 is 0 Å². The minimum Gasteiger partial charge on any atom is -0.389 e. The van der Waals surface area contributed by atoms with Gasteiger partial charge >= 0.3 is 0 Å². The van der Waals surface area contributed by atoms with Crippen molar-refractivity contribution in [2.75, 3.05) is 12.5 Å². The molecule has 0 aromatic carbocycles. The molecule has 3 heteroatoms. The number of hydrogen-bond donors (Lipinski definition) is 1. The molecule has 2 nitrogen and oxygen atoms in total. The lowest BCUT2D eigenvalue weighted by atomic mass is 10.1. The minimum atomic E-state index is -0.519. The quantitative estimate of drug-likeness (QED) is 0.480. The third-order valence-corrected chi connectivity index (χ3v) is 2.57. The second-order valence-electron chi connectivity index (χ2n) is 3.80. The number of rotatable bonds is 9. The molecule has 14 heavy (non-hydrogen) atoms. The second-order valence-corrected chi connectivity index (χ2v) is 4.11. The molecule has 0 fully saturated rings. The Hall–Kier alpha value is 0.210. The van der Waals surface area contributed by atoms with Gasteiger partial charge in [0.2, 0.25) is 0 Å². The summed E-state index contributed by atoms with van der Waals surface area (Å²) in [5, 5.41) is 9.16. The summed E-state index contributed by atoms with van der Waals surface area (Å²) in [4.78, 5) is 0. The van der Waals surface area contributed by atoms with Crippen LogP contribution in [0.1, 0.15) is 46.0 Å². The summed E-state index contributed by atoms with van der Waals surface area (Å²) in [6.07, 6.45) is 5.86. The van der Waals surface area contributed by atoms with E-state index in [1.165, 1.54) is 25.7 Å². The van der Waals surface area contributed by atoms with Crippen molar-refractivity contribution in [3.63, 3.8) is 0 Å². The summed E-state index contributed by atoms with van der Waals surface area (Å²) in [6.45, 7) is 4.61. The maximum Gasteiger partial charge on any atom is 0.0908 e. The molecular formula is C11H23ClO2. The number of ether oxygens (including phenoxy) is 1. The fraction of sp³-hybridized carbons (Fsp3) is 1.00. The van der Waals surface area contributed by atoms with Gasteiger partial charge in [-0.3, -0.25) is 0 Å². The minimum absolute atomic E-state index is 0.240. The van der Waals surface area contributed by atoms with Crippen molar-refractivity contribution in [2.45, 2.75) is 58.2 Å². The van der Waals surface area contributed by atoms with Crippen LogP contribution in [0, 0.1) is 0 Å². The molecule has 0 aromatic rings. The first kappa shape index (κ1) is 14.2. The molecule has 0 aliphatic heterocycles. The van der Waals surface area contributed by atoms with Crippen molar-refractivity contribution in [3.05, 3.63) is 0 Å². The van der Waals surface area contributed by atoms with Gasteiger partial charge in [0.25, 0.3) is 0 Å². The lowest BCUT2D eigenvalue weighted by Crippen LogP contribution is -2.21. The SMILES string of the molecule is CCCCCC[C@H](C)OC[C@H](O)CCl. The summed E-state index contributed by atoms with van der Waals surface area (Å²) < 4.78 is 5.44. The van der Waals surface area contributed by atoms with Crippen LogP contribution in [0.5, 0.6) is 0 Å². The van der Waals surface area contributed by atoms with Crippen molar-refractivity contribution in [2.24, 2.45) is 0 Å². The smallest absolute Gasteiger partial charge is 0.0908 e. The molecule has 0 aliphatic rings. The van der Waals surface area contributed by atoms with Gasteiger partial charge in [-0.05, 0) is 13.3 Å². The highest BCUT2D eigenvalue weighted by Gasteiger charge is 2.06. The van der Waals surface area contributed by atoms with Gasteiger partial charge in [-0.2, -0.15) is 0 Å². The molecule has 0 radical (unpaired) electrons. The summed E-state index contributed by atoms with van der Waals surface area (Å²) in [7, 11) is 0. The van der Waals surface area contributed by atoms with Crippen molar-refractivity contribution in [1.29, 1.82) is 0 Å². The predicted molar refractivity (Wildman–Crippen MR) is 60.9 cm³/mol. The van der Waals surface area contributed by atoms with Gasteiger partial charge in [0.15, 0.2) is 0 Å². The summed E-state index contributed by atoms with van der Waals surface area (Å²) in [5.41, 5.74) is 0. The van der Waals surface area contributed by atoms with E-state index in [0.717, 1.165) is 6.42 Å². The first-order valence-electron chi connectivity index (χ1n) is 5.56. The molecule has 86 valence electrons. The zero-order valence-electron chi connectivity index (χ0n) is 9.34. The Labute approximate surface area is 92.6 Å². The van der Waals surface area contributed by atoms with Gasteiger partial charge < -0.3 is 9.84 Å². The topological polar surface area (TPSA) is 29.5 Å². The van der Waals surface area contributed by atoms with E-state index < -0.39 is 6.10 Å². The van der Waals surface area contributed by atoms with Crippen LogP contribution in [-0.2, 0) is 4.74 Å². The number of alkyl halides is 1. The van der Waals surface area contributed by atoms with Gasteiger partial charge in [-0.1, -0.05) is 32.6 Å². The van der Waals surface area contributed by atoms with E-state index >= 15 is 0 Å². The fourth-order valence-corrected chi connectivity index (χ4v) is 1.35. The summed E-state index contributed by atoms with van der Waals surface area (Å²) in [5.74, 6) is 0.253. The zero-order valence-corrected chi connectivity index (χ0v) is 10.1. The number of aliphatic hydroxyl groups is 1. The molecule has 1 N–H and O–H groups in total. The first-order chi connectivity index (χ1) is 6.70. The summed E-state index contributed by atoms with van der Waals surface area (Å²) >= 11 is 5.45. The molecule has 0 saturated heterocycles. The van der Waals surface area contributed by atoms with Crippen molar-refractivity contribution >= 4 is 11.6 Å². The molecule has 0 bridgehead atoms. The van der Waals surface area contributed by atoms with Crippen LogP contribution in [0.25, 0.3) is 0 Å². The van der Waals surface area contributed by atoms with Gasteiger partial charge in [-0.25, -0.2) is 0 Å². The largest absolute Gasteiger partial charge is 0.389 e. The van der Waals surface area contributed by atoms with E-state index in [4.69, 9.17) is 21.4 Å². The Morgan fingerprint density at radius 1 is 1.29 bits per heavy atom. The van der Waals surface area contributed by atoms with Crippen LogP contribution >= 0.6 is 11.6 Å². The second kappa shape index (κ2) is 9.75. The van der Waals surface area contributed by atoms with E-state index in [0.29, 0.717) is 6.61 Å². The Morgan fingerprint density at radius 3 is 2.57 bits per heavy atom. The maximum absolute atomic E-state index is 9.16. The standard InChI is InChI=1S/C11H23ClO2/c1-3-4-5-6-7-10(2)14-9-11(13)8-12/h10-11,13H,3-9H2,1-2H3/t10-,11+/m0/s1. The lowest BCUT2D eigenvalue weighted by Gasteiger charge is -2.14. The number of aliphatic hydroxyl groups excluding tert-OH is 1. The van der Waals surface area contributed by atoms with Gasteiger partial charge in [0, 0.05) is 0 Å². The molecule has 0 aliphatic carbocycles. The van der Waals surface area contributed by atoms with Crippen molar-refractivity contribution in [1.82, 2.24) is 0 Å². The van der Waals surface area contributed by atoms with E-state index in [1.54, 1.807) is 0 Å². The highest BCUT2D eigenvalue weighted by atomic mass is 35.5. The molecule has 0 rings (SSSR count). The third-order valence-electron chi connectivity index (χ3n) is 2.22. The summed E-state index contributed by atoms with van der Waals surface area (Å²) in [6, 6.07) is 0. The third kappa shape index (κ3) is 8.79. The van der Waals surface area contributed by atoms with E-state index in [-0.39, 0.29) is 12.0 Å². The molecule has 2 atom stereocenters. The normalized spacial score (nSPS) is 15.4. The molecular weight excluding hydrogens is 200 g/mol. The Kier molecular flexibility index (Phi) is 9.90. The number of hydrogen-bond acceptors (Lipinski definition) is 2. The van der Waals surface area contributed by atoms with Gasteiger partial charge in [0.1, 0.15) is 0 Å². The Bertz CT molecular complexity index is 120. The molecule has 0 spiro atoms. The first-order valence-corrected chi connectivity index (χ1v) is 6.09. The molecule has 0 aromatic heterocycles. The number of halogens is 1. The van der Waals surface area contributed by atoms with Crippen LogP contribution in [0.2, 0.25) is 0 Å².